The normalized spacial score (nSPS) is 10.9. The van der Waals surface area contributed by atoms with E-state index in [0.29, 0.717) is 17.3 Å². The molecular weight excluding hydrogens is 320 g/mol. The molecule has 0 atom stereocenters. The first-order chi connectivity index (χ1) is 11.7. The highest BCUT2D eigenvalue weighted by molar-refractivity contribution is 7.99. The minimum absolute atomic E-state index is 0.0628. The number of rotatable bonds is 7. The van der Waals surface area contributed by atoms with Crippen molar-refractivity contribution in [3.63, 3.8) is 0 Å². The molecule has 0 saturated heterocycles. The van der Waals surface area contributed by atoms with Crippen molar-refractivity contribution in [3.05, 3.63) is 64.6 Å². The summed E-state index contributed by atoms with van der Waals surface area (Å²) in [6.07, 6.45) is 3.59. The van der Waals surface area contributed by atoms with Crippen molar-refractivity contribution in [1.29, 1.82) is 0 Å². The predicted octanol–water partition coefficient (Wildman–Crippen LogP) is 4.18. The second-order valence-corrected chi connectivity index (χ2v) is 6.70. The van der Waals surface area contributed by atoms with Gasteiger partial charge in [0.15, 0.2) is 5.16 Å². The van der Waals surface area contributed by atoms with E-state index in [2.05, 4.69) is 34.2 Å². The number of nitrogens with zero attached hydrogens (tertiary/aromatic N) is 1. The predicted molar refractivity (Wildman–Crippen MR) is 99.0 cm³/mol. The molecule has 1 aromatic heterocycles. The second-order valence-electron chi connectivity index (χ2n) is 5.61. The van der Waals surface area contributed by atoms with Crippen LogP contribution in [-0.2, 0) is 0 Å². The lowest BCUT2D eigenvalue weighted by Crippen LogP contribution is -2.11. The van der Waals surface area contributed by atoms with Crippen LogP contribution in [0.15, 0.2) is 58.6 Å². The Balaban J connectivity index is 1.40. The Morgan fingerprint density at radius 3 is 2.79 bits per heavy atom. The highest BCUT2D eigenvalue weighted by atomic mass is 32.2. The van der Waals surface area contributed by atoms with Crippen LogP contribution in [0.5, 0.6) is 5.75 Å². The van der Waals surface area contributed by atoms with Gasteiger partial charge in [0.1, 0.15) is 5.75 Å². The van der Waals surface area contributed by atoms with Crippen molar-refractivity contribution < 1.29 is 4.74 Å². The van der Waals surface area contributed by atoms with E-state index >= 15 is 0 Å². The van der Waals surface area contributed by atoms with E-state index in [1.54, 1.807) is 24.9 Å². The lowest BCUT2D eigenvalue weighted by Gasteiger charge is -2.07. The zero-order chi connectivity index (χ0) is 16.8. The van der Waals surface area contributed by atoms with Gasteiger partial charge in [0, 0.05) is 17.5 Å². The van der Waals surface area contributed by atoms with Gasteiger partial charge >= 0.3 is 0 Å². The molecule has 5 heteroatoms. The number of thioether (sulfide) groups is 1. The molecule has 0 aliphatic heterocycles. The number of unbranched alkanes of at least 4 members (excludes halogenated alkanes) is 1. The Morgan fingerprint density at radius 2 is 1.96 bits per heavy atom. The summed E-state index contributed by atoms with van der Waals surface area (Å²) >= 11 is 1.57. The second kappa shape index (κ2) is 8.02. The first-order valence-electron chi connectivity index (χ1n) is 8.03. The van der Waals surface area contributed by atoms with E-state index in [-0.39, 0.29) is 5.56 Å². The Bertz CT molecular complexity index is 876. The molecule has 3 aromatic rings. The Kier molecular flexibility index (Phi) is 5.54. The minimum Gasteiger partial charge on any atom is -0.494 e. The average Bonchev–Trinajstić information content (AvgIpc) is 2.61. The van der Waals surface area contributed by atoms with Gasteiger partial charge in [0.2, 0.25) is 0 Å². The lowest BCUT2D eigenvalue weighted by molar-refractivity contribution is 0.310. The maximum absolute atomic E-state index is 11.5. The van der Waals surface area contributed by atoms with Crippen molar-refractivity contribution in [2.45, 2.75) is 24.9 Å². The molecule has 3 rings (SSSR count). The minimum atomic E-state index is -0.0628. The molecule has 1 N–H and O–H groups in total. The number of fused-ring (bicyclic) bond motifs is 1. The fraction of sp³-hybridized carbons (Fsp3) is 0.263. The number of hydrogen-bond donors (Lipinski definition) is 1. The zero-order valence-electron chi connectivity index (χ0n) is 13.6. The van der Waals surface area contributed by atoms with Crippen LogP contribution in [0, 0.1) is 6.92 Å². The summed E-state index contributed by atoms with van der Waals surface area (Å²) in [5.41, 5.74) is 0.579. The van der Waals surface area contributed by atoms with Gasteiger partial charge in [-0.2, -0.15) is 0 Å². The van der Waals surface area contributed by atoms with Crippen molar-refractivity contribution in [2.75, 3.05) is 12.4 Å². The molecule has 124 valence electrons. The molecule has 4 nitrogen and oxygen atoms in total. The first-order valence-corrected chi connectivity index (χ1v) is 9.01. The number of aromatic amines is 1. The largest absolute Gasteiger partial charge is 0.494 e. The van der Waals surface area contributed by atoms with Crippen LogP contribution in [-0.4, -0.2) is 22.3 Å². The molecule has 24 heavy (non-hydrogen) atoms. The van der Waals surface area contributed by atoms with Crippen LogP contribution >= 0.6 is 11.8 Å². The van der Waals surface area contributed by atoms with Crippen LogP contribution < -0.4 is 10.3 Å². The summed E-state index contributed by atoms with van der Waals surface area (Å²) in [7, 11) is 0. The Labute approximate surface area is 145 Å². The zero-order valence-corrected chi connectivity index (χ0v) is 14.4. The molecule has 0 fully saturated rings. The molecule has 0 spiro atoms. The summed E-state index contributed by atoms with van der Waals surface area (Å²) in [6.45, 7) is 2.45. The molecule has 0 bridgehead atoms. The highest BCUT2D eigenvalue weighted by Gasteiger charge is 2.00. The van der Waals surface area contributed by atoms with E-state index in [4.69, 9.17) is 4.74 Å². The van der Waals surface area contributed by atoms with E-state index in [1.165, 1.54) is 10.8 Å². The molecule has 0 aliphatic carbocycles. The molecular formula is C19H20N2O2S. The molecule has 0 unspecified atom stereocenters. The van der Waals surface area contributed by atoms with Crippen LogP contribution in [0.1, 0.15) is 18.4 Å². The summed E-state index contributed by atoms with van der Waals surface area (Å²) in [5.74, 6) is 1.82. The third kappa shape index (κ3) is 4.38. The standard InChI is InChI=1S/C19H20N2O2S/c1-14-13-20-19(21-18(14)22)24-11-5-4-10-23-17-9-8-15-6-2-3-7-16(15)12-17/h2-3,6-9,12-13H,4-5,10-11H2,1H3,(H,20,21,22). The fourth-order valence-corrected chi connectivity index (χ4v) is 3.17. The molecule has 0 aliphatic rings. The van der Waals surface area contributed by atoms with Crippen molar-refractivity contribution in [3.8, 4) is 5.75 Å². The third-order valence-corrected chi connectivity index (χ3v) is 4.69. The maximum Gasteiger partial charge on any atom is 0.254 e. The third-order valence-electron chi connectivity index (χ3n) is 3.72. The van der Waals surface area contributed by atoms with E-state index in [0.717, 1.165) is 24.3 Å². The summed E-state index contributed by atoms with van der Waals surface area (Å²) in [4.78, 5) is 18.5. The fourth-order valence-electron chi connectivity index (χ4n) is 2.34. The maximum atomic E-state index is 11.5. The van der Waals surface area contributed by atoms with Gasteiger partial charge < -0.3 is 9.72 Å². The number of aryl methyl sites for hydroxylation is 1. The molecule has 0 saturated carbocycles. The molecule has 1 heterocycles. The SMILES string of the molecule is Cc1cnc(SCCCCOc2ccc3ccccc3c2)[nH]c1=O. The van der Waals surface area contributed by atoms with Crippen molar-refractivity contribution >= 4 is 22.5 Å². The van der Waals surface area contributed by atoms with Crippen molar-refractivity contribution in [2.24, 2.45) is 0 Å². The summed E-state index contributed by atoms with van der Waals surface area (Å²) < 4.78 is 5.82. The van der Waals surface area contributed by atoms with Crippen molar-refractivity contribution in [1.82, 2.24) is 9.97 Å². The Hall–Kier alpha value is -2.27. The molecule has 0 amide bonds. The molecule has 0 radical (unpaired) electrons. The summed E-state index contributed by atoms with van der Waals surface area (Å²) in [5, 5.41) is 3.10. The monoisotopic (exact) mass is 340 g/mol. The quantitative estimate of drug-likeness (QED) is 0.398. The van der Waals surface area contributed by atoms with Gasteiger partial charge in [0.25, 0.3) is 5.56 Å². The van der Waals surface area contributed by atoms with Crippen LogP contribution in [0.3, 0.4) is 0 Å². The Morgan fingerprint density at radius 1 is 1.12 bits per heavy atom. The van der Waals surface area contributed by atoms with Gasteiger partial charge in [-0.3, -0.25) is 4.79 Å². The van der Waals surface area contributed by atoms with E-state index in [1.807, 2.05) is 18.2 Å². The van der Waals surface area contributed by atoms with Crippen LogP contribution in [0.2, 0.25) is 0 Å². The van der Waals surface area contributed by atoms with Gasteiger partial charge in [0.05, 0.1) is 6.61 Å². The van der Waals surface area contributed by atoms with Gasteiger partial charge in [-0.05, 0) is 42.7 Å². The summed E-state index contributed by atoms with van der Waals surface area (Å²) in [6, 6.07) is 14.4. The van der Waals surface area contributed by atoms with E-state index < -0.39 is 0 Å². The first kappa shape index (κ1) is 16.6. The van der Waals surface area contributed by atoms with Crippen LogP contribution in [0.25, 0.3) is 10.8 Å². The number of benzene rings is 2. The number of H-pyrrole nitrogens is 1. The number of hydrogen-bond acceptors (Lipinski definition) is 4. The van der Waals surface area contributed by atoms with Crippen LogP contribution in [0.4, 0.5) is 0 Å². The van der Waals surface area contributed by atoms with E-state index in [9.17, 15) is 4.79 Å². The number of aromatic nitrogens is 2. The number of nitrogens with one attached hydrogen (secondary N) is 1. The van der Waals surface area contributed by atoms with Gasteiger partial charge in [-0.1, -0.05) is 42.1 Å². The highest BCUT2D eigenvalue weighted by Crippen LogP contribution is 2.21. The topological polar surface area (TPSA) is 55.0 Å². The van der Waals surface area contributed by atoms with Gasteiger partial charge in [-0.25, -0.2) is 4.98 Å². The number of ether oxygens (including phenoxy) is 1. The molecule has 2 aromatic carbocycles. The lowest BCUT2D eigenvalue weighted by atomic mass is 10.1. The van der Waals surface area contributed by atoms with Gasteiger partial charge in [-0.15, -0.1) is 0 Å². The average molecular weight is 340 g/mol. The smallest absolute Gasteiger partial charge is 0.254 e.